The molecule has 1 amide bonds. The van der Waals surface area contributed by atoms with E-state index in [4.69, 9.17) is 4.42 Å². The van der Waals surface area contributed by atoms with Gasteiger partial charge in [-0.25, -0.2) is 4.98 Å². The molecule has 1 N–H and O–H groups in total. The molecule has 0 radical (unpaired) electrons. The molecule has 1 aliphatic heterocycles. The summed E-state index contributed by atoms with van der Waals surface area (Å²) < 4.78 is 5.43. The van der Waals surface area contributed by atoms with Gasteiger partial charge < -0.3 is 9.73 Å². The van der Waals surface area contributed by atoms with Gasteiger partial charge in [0.2, 0.25) is 5.91 Å². The molecule has 90 valence electrons. The third kappa shape index (κ3) is 1.10. The first-order valence-corrected chi connectivity index (χ1v) is 6.12. The Kier molecular flexibility index (Phi) is 1.77. The van der Waals surface area contributed by atoms with Gasteiger partial charge in [0.05, 0.1) is 11.7 Å². The molecule has 0 bridgehead atoms. The molecule has 1 spiro atoms. The van der Waals surface area contributed by atoms with Crippen molar-refractivity contribution < 1.29 is 9.21 Å². The number of furan rings is 1. The van der Waals surface area contributed by atoms with Crippen LogP contribution >= 0.6 is 0 Å². The predicted molar refractivity (Wildman–Crippen MR) is 65.3 cm³/mol. The number of hydrogen-bond acceptors (Lipinski definition) is 3. The highest BCUT2D eigenvalue weighted by Crippen LogP contribution is 2.45. The lowest BCUT2D eigenvalue weighted by atomic mass is 9.70. The fraction of sp³-hybridized carbons (Fsp3) is 0.286. The molecule has 1 atom stereocenters. The van der Waals surface area contributed by atoms with Crippen LogP contribution in [0.5, 0.6) is 0 Å². The van der Waals surface area contributed by atoms with E-state index in [9.17, 15) is 4.79 Å². The number of pyridine rings is 1. The van der Waals surface area contributed by atoms with E-state index in [1.807, 2.05) is 18.2 Å². The van der Waals surface area contributed by atoms with Crippen molar-refractivity contribution in [1.82, 2.24) is 4.98 Å². The SMILES string of the molecule is O=C1Nc2ncccc2[C@@]12CCc1occc1C2. The number of rotatable bonds is 0. The van der Waals surface area contributed by atoms with Crippen molar-refractivity contribution in [1.29, 1.82) is 0 Å². The lowest BCUT2D eigenvalue weighted by Gasteiger charge is -2.30. The molecule has 18 heavy (non-hydrogen) atoms. The third-order valence-corrected chi connectivity index (χ3v) is 4.10. The highest BCUT2D eigenvalue weighted by Gasteiger charge is 2.49. The van der Waals surface area contributed by atoms with Gasteiger partial charge in [0, 0.05) is 18.2 Å². The molecular formula is C14H12N2O2. The number of aryl methyl sites for hydroxylation is 1. The van der Waals surface area contributed by atoms with Crippen molar-refractivity contribution in [2.24, 2.45) is 0 Å². The Hall–Kier alpha value is -2.10. The zero-order chi connectivity index (χ0) is 12.2. The first-order valence-electron chi connectivity index (χ1n) is 6.12. The monoisotopic (exact) mass is 240 g/mol. The number of hydrogen-bond donors (Lipinski definition) is 1. The summed E-state index contributed by atoms with van der Waals surface area (Å²) in [6, 6.07) is 5.87. The molecule has 2 aromatic rings. The van der Waals surface area contributed by atoms with Gasteiger partial charge in [-0.05, 0) is 30.5 Å². The lowest BCUT2D eigenvalue weighted by Crippen LogP contribution is -2.39. The summed E-state index contributed by atoms with van der Waals surface area (Å²) in [5.74, 6) is 1.81. The van der Waals surface area contributed by atoms with Crippen LogP contribution in [0, 0.1) is 0 Å². The van der Waals surface area contributed by atoms with Crippen molar-refractivity contribution in [3.8, 4) is 0 Å². The second-order valence-electron chi connectivity index (χ2n) is 4.98. The van der Waals surface area contributed by atoms with Crippen molar-refractivity contribution in [3.63, 3.8) is 0 Å². The van der Waals surface area contributed by atoms with Crippen molar-refractivity contribution in [2.45, 2.75) is 24.7 Å². The first kappa shape index (κ1) is 9.88. The van der Waals surface area contributed by atoms with Crippen LogP contribution in [0.3, 0.4) is 0 Å². The smallest absolute Gasteiger partial charge is 0.236 e. The van der Waals surface area contributed by atoms with Crippen LogP contribution in [0.1, 0.15) is 23.3 Å². The Balaban J connectivity index is 1.88. The van der Waals surface area contributed by atoms with Gasteiger partial charge in [-0.1, -0.05) is 6.07 Å². The van der Waals surface area contributed by atoms with Gasteiger partial charge >= 0.3 is 0 Å². The van der Waals surface area contributed by atoms with Crippen LogP contribution in [0.15, 0.2) is 35.1 Å². The predicted octanol–water partition coefficient (Wildman–Crippen LogP) is 2.05. The number of nitrogens with one attached hydrogen (secondary N) is 1. The van der Waals surface area contributed by atoms with Crippen molar-refractivity contribution in [3.05, 3.63) is 47.5 Å². The fourth-order valence-electron chi connectivity index (χ4n) is 3.15. The Morgan fingerprint density at radius 3 is 3.28 bits per heavy atom. The Morgan fingerprint density at radius 1 is 1.39 bits per heavy atom. The van der Waals surface area contributed by atoms with Crippen LogP contribution in [-0.2, 0) is 23.1 Å². The van der Waals surface area contributed by atoms with Crippen LogP contribution in [0.2, 0.25) is 0 Å². The van der Waals surface area contributed by atoms with E-state index in [0.29, 0.717) is 6.42 Å². The largest absolute Gasteiger partial charge is 0.469 e. The van der Waals surface area contributed by atoms with Crippen molar-refractivity contribution >= 4 is 11.7 Å². The minimum Gasteiger partial charge on any atom is -0.469 e. The van der Waals surface area contributed by atoms with E-state index in [1.165, 1.54) is 0 Å². The van der Waals surface area contributed by atoms with Crippen LogP contribution in [0.4, 0.5) is 5.82 Å². The molecule has 0 unspecified atom stereocenters. The molecule has 4 nitrogen and oxygen atoms in total. The van der Waals surface area contributed by atoms with Gasteiger partial charge in [-0.3, -0.25) is 4.79 Å². The van der Waals surface area contributed by atoms with Gasteiger partial charge in [-0.2, -0.15) is 0 Å². The number of nitrogens with zero attached hydrogens (tertiary/aromatic N) is 1. The number of aromatic nitrogens is 1. The normalized spacial score (nSPS) is 24.8. The minimum atomic E-state index is -0.444. The second-order valence-corrected chi connectivity index (χ2v) is 4.98. The molecule has 1 aliphatic carbocycles. The summed E-state index contributed by atoms with van der Waals surface area (Å²) in [7, 11) is 0. The molecular weight excluding hydrogens is 228 g/mol. The number of carbonyl (C=O) groups excluding carboxylic acids is 1. The maximum atomic E-state index is 12.4. The minimum absolute atomic E-state index is 0.0723. The maximum absolute atomic E-state index is 12.4. The highest BCUT2D eigenvalue weighted by atomic mass is 16.3. The summed E-state index contributed by atoms with van der Waals surface area (Å²) in [6.45, 7) is 0. The molecule has 4 rings (SSSR count). The molecule has 2 aromatic heterocycles. The highest BCUT2D eigenvalue weighted by molar-refractivity contribution is 6.05. The number of amides is 1. The summed E-state index contributed by atoms with van der Waals surface area (Å²) in [5, 5.41) is 2.90. The van der Waals surface area contributed by atoms with Gasteiger partial charge in [-0.15, -0.1) is 0 Å². The second kappa shape index (κ2) is 3.22. The third-order valence-electron chi connectivity index (χ3n) is 4.10. The standard InChI is InChI=1S/C14H12N2O2/c17-13-14(10-2-1-6-15-12(10)16-13)5-3-11-9(8-14)4-7-18-11/h1-2,4,6-7H,3,5,8H2,(H,15,16,17)/t14-/m0/s1. The van der Waals surface area contributed by atoms with Gasteiger partial charge in [0.15, 0.2) is 0 Å². The van der Waals surface area contributed by atoms with Crippen LogP contribution < -0.4 is 5.32 Å². The van der Waals surface area contributed by atoms with Gasteiger partial charge in [0.1, 0.15) is 11.6 Å². The molecule has 4 heteroatoms. The summed E-state index contributed by atoms with van der Waals surface area (Å²) in [4.78, 5) is 16.6. The average Bonchev–Trinajstić information content (AvgIpc) is 2.95. The maximum Gasteiger partial charge on any atom is 0.236 e. The quantitative estimate of drug-likeness (QED) is 0.766. The zero-order valence-electron chi connectivity index (χ0n) is 9.77. The summed E-state index contributed by atoms with van der Waals surface area (Å²) >= 11 is 0. The molecule has 0 fully saturated rings. The van der Waals surface area contributed by atoms with Crippen molar-refractivity contribution in [2.75, 3.05) is 5.32 Å². The summed E-state index contributed by atoms with van der Waals surface area (Å²) in [5.41, 5.74) is 1.73. The molecule has 0 saturated carbocycles. The Bertz CT molecular complexity index is 647. The Labute approximate surface area is 104 Å². The number of carbonyl (C=O) groups is 1. The van der Waals surface area contributed by atoms with Gasteiger partial charge in [0.25, 0.3) is 0 Å². The average molecular weight is 240 g/mol. The van der Waals surface area contributed by atoms with E-state index in [-0.39, 0.29) is 5.91 Å². The molecule has 2 aliphatic rings. The number of fused-ring (bicyclic) bond motifs is 3. The molecule has 3 heterocycles. The molecule has 0 saturated heterocycles. The van der Waals surface area contributed by atoms with E-state index in [0.717, 1.165) is 35.5 Å². The van der Waals surface area contributed by atoms with Crippen LogP contribution in [-0.4, -0.2) is 10.9 Å². The number of anilines is 1. The van der Waals surface area contributed by atoms with E-state index < -0.39 is 5.41 Å². The summed E-state index contributed by atoms with van der Waals surface area (Å²) in [6.07, 6.45) is 5.73. The van der Waals surface area contributed by atoms with E-state index in [1.54, 1.807) is 12.5 Å². The fourth-order valence-corrected chi connectivity index (χ4v) is 3.15. The van der Waals surface area contributed by atoms with E-state index >= 15 is 0 Å². The lowest BCUT2D eigenvalue weighted by molar-refractivity contribution is -0.121. The van der Waals surface area contributed by atoms with E-state index in [2.05, 4.69) is 10.3 Å². The molecule has 0 aromatic carbocycles. The Morgan fingerprint density at radius 2 is 2.33 bits per heavy atom. The topological polar surface area (TPSA) is 55.1 Å². The first-order chi connectivity index (χ1) is 8.79. The van der Waals surface area contributed by atoms with Crippen LogP contribution in [0.25, 0.3) is 0 Å². The zero-order valence-corrected chi connectivity index (χ0v) is 9.77.